The number of carbonyl (C=O) groups is 1. The number of nitrogens with one attached hydrogen (secondary N) is 3. The van der Waals surface area contributed by atoms with Gasteiger partial charge in [-0.1, -0.05) is 11.6 Å². The molecule has 1 aromatic heterocycles. The SMILES string of the molecule is CNc1nc(Cl)nc(NCc2cc(Cl)cc(C(=O)OC)c2)c1NN. The van der Waals surface area contributed by atoms with Crippen LogP contribution in [0.1, 0.15) is 15.9 Å². The molecule has 0 saturated carbocycles. The van der Waals surface area contributed by atoms with Gasteiger partial charge in [-0.2, -0.15) is 9.97 Å². The van der Waals surface area contributed by atoms with Crippen molar-refractivity contribution < 1.29 is 9.53 Å². The van der Waals surface area contributed by atoms with Crippen molar-refractivity contribution in [3.05, 3.63) is 39.6 Å². The minimum absolute atomic E-state index is 0.0576. The first-order valence-corrected chi connectivity index (χ1v) is 7.57. The maximum atomic E-state index is 11.6. The molecule has 0 atom stereocenters. The second-order valence-electron chi connectivity index (χ2n) is 4.65. The van der Waals surface area contributed by atoms with E-state index in [9.17, 15) is 4.79 Å². The van der Waals surface area contributed by atoms with Crippen LogP contribution in [0.4, 0.5) is 17.3 Å². The van der Waals surface area contributed by atoms with E-state index in [2.05, 4.69) is 26.0 Å². The second-order valence-corrected chi connectivity index (χ2v) is 5.43. The summed E-state index contributed by atoms with van der Waals surface area (Å²) in [5.74, 6) is 5.90. The summed E-state index contributed by atoms with van der Waals surface area (Å²) in [6.45, 7) is 0.329. The number of hydrogen-bond donors (Lipinski definition) is 4. The molecule has 8 nitrogen and oxygen atoms in total. The number of rotatable bonds is 6. The van der Waals surface area contributed by atoms with Gasteiger partial charge < -0.3 is 20.8 Å². The smallest absolute Gasteiger partial charge is 0.337 e. The van der Waals surface area contributed by atoms with Crippen molar-refractivity contribution in [2.75, 3.05) is 30.2 Å². The zero-order valence-corrected chi connectivity index (χ0v) is 14.5. The molecule has 0 spiro atoms. The summed E-state index contributed by atoms with van der Waals surface area (Å²) in [4.78, 5) is 19.8. The van der Waals surface area contributed by atoms with Crippen LogP contribution in [0.25, 0.3) is 0 Å². The number of aromatic nitrogens is 2. The van der Waals surface area contributed by atoms with Gasteiger partial charge in [-0.15, -0.1) is 0 Å². The maximum Gasteiger partial charge on any atom is 0.337 e. The first-order valence-electron chi connectivity index (χ1n) is 6.82. The van der Waals surface area contributed by atoms with E-state index in [0.29, 0.717) is 34.5 Å². The number of esters is 1. The van der Waals surface area contributed by atoms with Gasteiger partial charge in [-0.25, -0.2) is 4.79 Å². The molecule has 5 N–H and O–H groups in total. The molecule has 0 saturated heterocycles. The normalized spacial score (nSPS) is 10.2. The highest BCUT2D eigenvalue weighted by Crippen LogP contribution is 2.28. The average molecular weight is 371 g/mol. The molecular weight excluding hydrogens is 355 g/mol. The van der Waals surface area contributed by atoms with E-state index in [1.807, 2.05) is 0 Å². The van der Waals surface area contributed by atoms with Crippen LogP contribution in [-0.4, -0.2) is 30.1 Å². The van der Waals surface area contributed by atoms with Crippen LogP contribution in [0.2, 0.25) is 10.3 Å². The molecule has 0 aliphatic heterocycles. The van der Waals surface area contributed by atoms with Crippen LogP contribution in [0.3, 0.4) is 0 Å². The molecule has 1 heterocycles. The van der Waals surface area contributed by atoms with Gasteiger partial charge in [0, 0.05) is 18.6 Å². The predicted molar refractivity (Wildman–Crippen MR) is 94.5 cm³/mol. The Labute approximate surface area is 148 Å². The van der Waals surface area contributed by atoms with Crippen LogP contribution in [-0.2, 0) is 11.3 Å². The summed E-state index contributed by atoms with van der Waals surface area (Å²) in [5, 5.41) is 6.42. The lowest BCUT2D eigenvalue weighted by Crippen LogP contribution is -2.15. The Balaban J connectivity index is 2.27. The first kappa shape index (κ1) is 18.1. The average Bonchev–Trinajstić information content (AvgIpc) is 2.58. The monoisotopic (exact) mass is 370 g/mol. The quantitative estimate of drug-likeness (QED) is 0.265. The van der Waals surface area contributed by atoms with E-state index < -0.39 is 5.97 Å². The van der Waals surface area contributed by atoms with E-state index >= 15 is 0 Å². The van der Waals surface area contributed by atoms with E-state index in [4.69, 9.17) is 33.8 Å². The summed E-state index contributed by atoms with van der Waals surface area (Å²) < 4.78 is 4.70. The van der Waals surface area contributed by atoms with Gasteiger partial charge in [0.25, 0.3) is 0 Å². The molecule has 24 heavy (non-hydrogen) atoms. The molecule has 0 aliphatic rings. The number of hydrazine groups is 1. The highest BCUT2D eigenvalue weighted by Gasteiger charge is 2.13. The fraction of sp³-hybridized carbons (Fsp3) is 0.214. The van der Waals surface area contributed by atoms with Crippen LogP contribution >= 0.6 is 23.2 Å². The summed E-state index contributed by atoms with van der Waals surface area (Å²) in [5.41, 5.74) is 4.09. The van der Waals surface area contributed by atoms with Gasteiger partial charge >= 0.3 is 5.97 Å². The Bertz CT molecular complexity index is 756. The van der Waals surface area contributed by atoms with Crippen molar-refractivity contribution in [2.24, 2.45) is 5.84 Å². The molecule has 0 bridgehead atoms. The lowest BCUT2D eigenvalue weighted by atomic mass is 10.1. The fourth-order valence-corrected chi connectivity index (χ4v) is 2.48. The number of nitrogens with zero attached hydrogens (tertiary/aromatic N) is 2. The molecule has 0 fully saturated rings. The standard InChI is InChI=1S/C14H16Cl2N6O2/c1-18-11-10(22-17)12(21-14(16)20-11)19-6-7-3-8(13(23)24-2)5-9(15)4-7/h3-5,22H,6,17H2,1-2H3,(H2,18,19,20,21). The van der Waals surface area contributed by atoms with E-state index in [0.717, 1.165) is 5.56 Å². The molecule has 2 rings (SSSR count). The number of hydrogen-bond acceptors (Lipinski definition) is 8. The molecule has 1 aromatic carbocycles. The number of nitrogens with two attached hydrogens (primary N) is 1. The third kappa shape index (κ3) is 4.16. The summed E-state index contributed by atoms with van der Waals surface area (Å²) in [6, 6.07) is 4.92. The third-order valence-corrected chi connectivity index (χ3v) is 3.49. The van der Waals surface area contributed by atoms with Crippen LogP contribution in [0.5, 0.6) is 0 Å². The fourth-order valence-electron chi connectivity index (χ4n) is 2.05. The predicted octanol–water partition coefficient (Wildman–Crippen LogP) is 2.51. The van der Waals surface area contributed by atoms with Crippen LogP contribution < -0.4 is 21.9 Å². The summed E-state index contributed by atoms with van der Waals surface area (Å²) in [6.07, 6.45) is 0. The number of halogens is 2. The Morgan fingerprint density at radius 1 is 1.25 bits per heavy atom. The number of nitrogen functional groups attached to an aromatic ring is 1. The van der Waals surface area contributed by atoms with Gasteiger partial charge in [0.1, 0.15) is 5.69 Å². The van der Waals surface area contributed by atoms with E-state index in [-0.39, 0.29) is 5.28 Å². The van der Waals surface area contributed by atoms with Gasteiger partial charge in [-0.3, -0.25) is 5.84 Å². The second kappa shape index (κ2) is 8.00. The Hall–Kier alpha value is -2.29. The minimum Gasteiger partial charge on any atom is -0.465 e. The zero-order valence-electron chi connectivity index (χ0n) is 13.0. The van der Waals surface area contributed by atoms with E-state index in [1.165, 1.54) is 13.2 Å². The number of methoxy groups -OCH3 is 1. The Morgan fingerprint density at radius 2 is 1.96 bits per heavy atom. The van der Waals surface area contributed by atoms with Crippen molar-refractivity contribution in [2.45, 2.75) is 6.54 Å². The van der Waals surface area contributed by atoms with Gasteiger partial charge in [0.15, 0.2) is 11.6 Å². The first-order chi connectivity index (χ1) is 11.5. The maximum absolute atomic E-state index is 11.6. The molecule has 10 heteroatoms. The number of anilines is 3. The zero-order chi connectivity index (χ0) is 17.7. The number of ether oxygens (including phenoxy) is 1. The molecule has 0 unspecified atom stereocenters. The van der Waals surface area contributed by atoms with Crippen molar-refractivity contribution in [1.29, 1.82) is 0 Å². The van der Waals surface area contributed by atoms with Crippen molar-refractivity contribution >= 4 is 46.5 Å². The molecule has 2 aromatic rings. The Kier molecular flexibility index (Phi) is 6.02. The molecule has 0 amide bonds. The largest absolute Gasteiger partial charge is 0.465 e. The van der Waals surface area contributed by atoms with Gasteiger partial charge in [0.05, 0.1) is 12.7 Å². The molecular formula is C14H16Cl2N6O2. The molecule has 0 radical (unpaired) electrons. The topological polar surface area (TPSA) is 114 Å². The van der Waals surface area contributed by atoms with Crippen molar-refractivity contribution in [3.8, 4) is 0 Å². The lowest BCUT2D eigenvalue weighted by Gasteiger charge is -2.14. The third-order valence-electron chi connectivity index (χ3n) is 3.10. The van der Waals surface area contributed by atoms with Gasteiger partial charge in [0.2, 0.25) is 5.28 Å². The van der Waals surface area contributed by atoms with E-state index in [1.54, 1.807) is 19.2 Å². The van der Waals surface area contributed by atoms with Crippen molar-refractivity contribution in [3.63, 3.8) is 0 Å². The minimum atomic E-state index is -0.467. The highest BCUT2D eigenvalue weighted by atomic mass is 35.5. The number of carbonyl (C=O) groups excluding carboxylic acids is 1. The summed E-state index contributed by atoms with van der Waals surface area (Å²) in [7, 11) is 2.99. The molecule has 128 valence electrons. The molecule has 0 aliphatic carbocycles. The van der Waals surface area contributed by atoms with Crippen molar-refractivity contribution in [1.82, 2.24) is 9.97 Å². The van der Waals surface area contributed by atoms with Crippen LogP contribution in [0, 0.1) is 0 Å². The lowest BCUT2D eigenvalue weighted by molar-refractivity contribution is 0.0600. The highest BCUT2D eigenvalue weighted by molar-refractivity contribution is 6.31. The van der Waals surface area contributed by atoms with Gasteiger partial charge in [-0.05, 0) is 35.4 Å². The van der Waals surface area contributed by atoms with Crippen LogP contribution in [0.15, 0.2) is 18.2 Å². The Morgan fingerprint density at radius 3 is 2.58 bits per heavy atom. The summed E-state index contributed by atoms with van der Waals surface area (Å²) >= 11 is 11.9. The number of benzene rings is 1.